The predicted octanol–water partition coefficient (Wildman–Crippen LogP) is 1.83. The lowest BCUT2D eigenvalue weighted by Gasteiger charge is -2.26. The average Bonchev–Trinajstić information content (AvgIpc) is 2.39. The molecule has 8 nitrogen and oxygen atoms in total. The molecule has 0 radical (unpaired) electrons. The summed E-state index contributed by atoms with van der Waals surface area (Å²) in [5.74, 6) is -0.625. The minimum Gasteiger partial charge on any atom is -0.465 e. The smallest absolute Gasteiger partial charge is 0.327 e. The number of hydrogen-bond donors (Lipinski definition) is 2. The van der Waals surface area contributed by atoms with E-state index in [-0.39, 0.29) is 32.0 Å². The summed E-state index contributed by atoms with van der Waals surface area (Å²) in [7, 11) is -6.73. The molecule has 10 heteroatoms. The van der Waals surface area contributed by atoms with Gasteiger partial charge in [-0.2, -0.15) is 8.42 Å². The minimum atomic E-state index is -4.22. The van der Waals surface area contributed by atoms with Gasteiger partial charge in [-0.1, -0.05) is 6.92 Å². The molecule has 0 aromatic heterocycles. The highest BCUT2D eigenvalue weighted by Crippen LogP contribution is 2.41. The Balaban J connectivity index is 4.49. The SMILES string of the molecule is CCC(CC(C)(C)C(=O)OCCCP(=O)(O)OC)S(=O)(=O)O. The van der Waals surface area contributed by atoms with E-state index in [9.17, 15) is 22.7 Å². The third-order valence-corrected chi connectivity index (χ3v) is 6.07. The predicted molar refractivity (Wildman–Crippen MR) is 81.3 cm³/mol. The van der Waals surface area contributed by atoms with E-state index in [1.807, 2.05) is 0 Å². The van der Waals surface area contributed by atoms with Gasteiger partial charge in [0.05, 0.1) is 23.4 Å². The van der Waals surface area contributed by atoms with Gasteiger partial charge in [-0.25, -0.2) is 0 Å². The number of esters is 1. The molecular formula is C12H25O8PS. The number of rotatable bonds is 10. The van der Waals surface area contributed by atoms with Gasteiger partial charge in [0.25, 0.3) is 10.1 Å². The second-order valence-corrected chi connectivity index (χ2v) is 9.45. The Bertz CT molecular complexity index is 513. The number of carbonyl (C=O) groups is 1. The van der Waals surface area contributed by atoms with Crippen molar-refractivity contribution < 1.29 is 36.5 Å². The topological polar surface area (TPSA) is 127 Å². The third-order valence-electron chi connectivity index (χ3n) is 3.27. The Morgan fingerprint density at radius 1 is 1.36 bits per heavy atom. The van der Waals surface area contributed by atoms with Gasteiger partial charge >= 0.3 is 13.6 Å². The van der Waals surface area contributed by atoms with Crippen molar-refractivity contribution in [1.82, 2.24) is 0 Å². The average molecular weight is 360 g/mol. The minimum absolute atomic E-state index is 0.0706. The van der Waals surface area contributed by atoms with Crippen LogP contribution in [-0.2, 0) is 28.7 Å². The molecule has 2 atom stereocenters. The molecular weight excluding hydrogens is 335 g/mol. The van der Waals surface area contributed by atoms with Gasteiger partial charge in [-0.05, 0) is 33.1 Å². The lowest BCUT2D eigenvalue weighted by molar-refractivity contribution is -0.154. The van der Waals surface area contributed by atoms with Crippen molar-refractivity contribution >= 4 is 23.7 Å². The van der Waals surface area contributed by atoms with Crippen LogP contribution in [0.2, 0.25) is 0 Å². The van der Waals surface area contributed by atoms with Crippen LogP contribution in [0.4, 0.5) is 0 Å². The highest BCUT2D eigenvalue weighted by Gasteiger charge is 2.36. The van der Waals surface area contributed by atoms with Crippen LogP contribution >= 0.6 is 7.60 Å². The van der Waals surface area contributed by atoms with Gasteiger partial charge in [0, 0.05) is 7.11 Å². The molecule has 0 aliphatic rings. The fourth-order valence-electron chi connectivity index (χ4n) is 1.83. The van der Waals surface area contributed by atoms with Gasteiger partial charge in [0.1, 0.15) is 0 Å². The van der Waals surface area contributed by atoms with Crippen molar-refractivity contribution in [3.8, 4) is 0 Å². The molecule has 22 heavy (non-hydrogen) atoms. The molecule has 0 aliphatic heterocycles. The number of ether oxygens (including phenoxy) is 1. The first-order valence-corrected chi connectivity index (χ1v) is 10.1. The second kappa shape index (κ2) is 8.40. The van der Waals surface area contributed by atoms with Crippen LogP contribution in [-0.4, -0.2) is 49.0 Å². The monoisotopic (exact) mass is 360 g/mol. The molecule has 0 heterocycles. The zero-order valence-electron chi connectivity index (χ0n) is 13.3. The first-order valence-electron chi connectivity index (χ1n) is 6.87. The van der Waals surface area contributed by atoms with Crippen LogP contribution in [0.25, 0.3) is 0 Å². The summed E-state index contributed by atoms with van der Waals surface area (Å²) in [6, 6.07) is 0. The van der Waals surface area contributed by atoms with Gasteiger partial charge in [0.15, 0.2) is 0 Å². The molecule has 0 amide bonds. The second-order valence-electron chi connectivity index (χ2n) is 5.67. The van der Waals surface area contributed by atoms with E-state index in [4.69, 9.17) is 9.29 Å². The summed E-state index contributed by atoms with van der Waals surface area (Å²) in [6.45, 7) is 4.58. The van der Waals surface area contributed by atoms with Crippen LogP contribution in [0.3, 0.4) is 0 Å². The molecule has 0 rings (SSSR count). The summed E-state index contributed by atoms with van der Waals surface area (Å²) in [6.07, 6.45) is 0.119. The van der Waals surface area contributed by atoms with Crippen LogP contribution < -0.4 is 0 Å². The zero-order valence-corrected chi connectivity index (χ0v) is 15.0. The normalized spacial score (nSPS) is 16.8. The molecule has 2 unspecified atom stereocenters. The Morgan fingerprint density at radius 2 is 1.91 bits per heavy atom. The fraction of sp³-hybridized carbons (Fsp3) is 0.917. The summed E-state index contributed by atoms with van der Waals surface area (Å²) >= 11 is 0. The van der Waals surface area contributed by atoms with E-state index < -0.39 is 34.3 Å². The maximum absolute atomic E-state index is 12.0. The first-order chi connectivity index (χ1) is 9.85. The molecule has 0 spiro atoms. The maximum atomic E-state index is 12.0. The summed E-state index contributed by atoms with van der Waals surface area (Å²) in [5.41, 5.74) is -1.10. The van der Waals surface area contributed by atoms with E-state index in [1.54, 1.807) is 6.92 Å². The third kappa shape index (κ3) is 7.69. The Morgan fingerprint density at radius 3 is 2.32 bits per heavy atom. The van der Waals surface area contributed by atoms with Gasteiger partial charge in [-0.3, -0.25) is 13.9 Å². The van der Waals surface area contributed by atoms with Crippen molar-refractivity contribution in [3.63, 3.8) is 0 Å². The lowest BCUT2D eigenvalue weighted by Crippen LogP contribution is -2.34. The van der Waals surface area contributed by atoms with Gasteiger partial charge < -0.3 is 14.2 Å². The summed E-state index contributed by atoms with van der Waals surface area (Å²) in [5, 5.41) is -1.04. The zero-order chi connectivity index (χ0) is 17.6. The molecule has 0 bridgehead atoms. The van der Waals surface area contributed by atoms with Crippen LogP contribution in [0.5, 0.6) is 0 Å². The van der Waals surface area contributed by atoms with Crippen LogP contribution in [0, 0.1) is 5.41 Å². The van der Waals surface area contributed by atoms with E-state index >= 15 is 0 Å². The van der Waals surface area contributed by atoms with Crippen molar-refractivity contribution in [2.24, 2.45) is 5.41 Å². The number of carbonyl (C=O) groups excluding carboxylic acids is 1. The van der Waals surface area contributed by atoms with Crippen molar-refractivity contribution in [1.29, 1.82) is 0 Å². The van der Waals surface area contributed by atoms with Crippen molar-refractivity contribution in [2.45, 2.75) is 45.3 Å². The number of hydrogen-bond acceptors (Lipinski definition) is 6. The molecule has 0 aromatic rings. The van der Waals surface area contributed by atoms with E-state index in [0.29, 0.717) is 0 Å². The Hall–Kier alpha value is -0.470. The quantitative estimate of drug-likeness (QED) is 0.261. The van der Waals surface area contributed by atoms with Gasteiger partial charge in [-0.15, -0.1) is 0 Å². The summed E-state index contributed by atoms with van der Waals surface area (Å²) in [4.78, 5) is 21.2. The first kappa shape index (κ1) is 21.5. The molecule has 0 fully saturated rings. The standard InChI is InChI=1S/C12H25O8PS/c1-5-10(22(16,17)18)9-12(2,3)11(13)20-7-6-8-21(14,15)19-4/h10H,5-9H2,1-4H3,(H,14,15)(H,16,17,18). The molecule has 2 N–H and O–H groups in total. The van der Waals surface area contributed by atoms with E-state index in [0.717, 1.165) is 7.11 Å². The Labute approximate surface area is 131 Å². The van der Waals surface area contributed by atoms with Crippen molar-refractivity contribution in [2.75, 3.05) is 19.9 Å². The van der Waals surface area contributed by atoms with Gasteiger partial charge in [0.2, 0.25) is 0 Å². The Kier molecular flexibility index (Phi) is 8.22. The molecule has 132 valence electrons. The largest absolute Gasteiger partial charge is 0.465 e. The maximum Gasteiger partial charge on any atom is 0.327 e. The van der Waals surface area contributed by atoms with E-state index in [2.05, 4.69) is 4.52 Å². The van der Waals surface area contributed by atoms with E-state index in [1.165, 1.54) is 13.8 Å². The van der Waals surface area contributed by atoms with Crippen molar-refractivity contribution in [3.05, 3.63) is 0 Å². The summed E-state index contributed by atoms with van der Waals surface area (Å²) < 4.78 is 52.1. The molecule has 0 saturated carbocycles. The highest BCUT2D eigenvalue weighted by molar-refractivity contribution is 7.86. The highest BCUT2D eigenvalue weighted by atomic mass is 32.2. The lowest BCUT2D eigenvalue weighted by atomic mass is 9.87. The molecule has 0 aliphatic carbocycles. The molecule has 0 saturated heterocycles. The van der Waals surface area contributed by atoms with Crippen LogP contribution in [0.15, 0.2) is 0 Å². The van der Waals surface area contributed by atoms with Crippen LogP contribution in [0.1, 0.15) is 40.0 Å². The fourth-order valence-corrected chi connectivity index (χ4v) is 3.59. The molecule has 0 aromatic carbocycles.